The fourth-order valence-electron chi connectivity index (χ4n) is 10.8. The predicted molar refractivity (Wildman–Crippen MR) is 291 cm³/mol. The number of urea groups is 2. The van der Waals surface area contributed by atoms with Gasteiger partial charge in [0.25, 0.3) is 0 Å². The van der Waals surface area contributed by atoms with Gasteiger partial charge in [0.15, 0.2) is 12.1 Å². The van der Waals surface area contributed by atoms with Gasteiger partial charge >= 0.3 is 54.3 Å². The Morgan fingerprint density at radius 3 is 1.46 bits per heavy atom. The number of ether oxygens (including phenoxy) is 7. The van der Waals surface area contributed by atoms with Gasteiger partial charge < -0.3 is 73.8 Å². The minimum absolute atomic E-state index is 0. The standard InChI is InChI=1S/C27H40N4O9.C16H25N3O5.C12H18N2O3.H2O/c1-26(2,3)39-24(34)29-14-15-30(25(35)40-27(4,5)6)21(22(32)37-7)20(29)16-31(18-10-11-18)23(33)38-19-12-8-17(28-36)9-13-19;1-16(2,3)24-15(22)18-8-7-17-11(12(18)13(20)23-4)9-19(14(17)21)10-5-6-10;1-17-11(15)9-3-2-6-13-10(9)7-14(12(13)16)8-4-5-8;/h8-9,12-13,18,20-21H,10-11,14-16,28H2,1-7H3;10-12H,5-9H2,1-4H3;8-10H,2-7H2,1H3;1H2/t20-,21?;11-,12+;9-,10+;/m001./s1. The Kier molecular flexibility index (Phi) is 20.5. The molecule has 5 heterocycles. The summed E-state index contributed by atoms with van der Waals surface area (Å²) in [5, 5.41) is 11.0. The molecular weight excluding hydrogens is 1070 g/mol. The molecular formula is C55H85N9O18. The molecule has 3 saturated carbocycles. The van der Waals surface area contributed by atoms with Crippen LogP contribution in [0, 0.1) is 11.1 Å². The third-order valence-electron chi connectivity index (χ3n) is 15.0. The molecule has 27 nitrogen and oxygen atoms in total. The average Bonchev–Trinajstić information content (AvgIpc) is 3.96. The number of benzene rings is 1. The molecule has 6 atom stereocenters. The highest BCUT2D eigenvalue weighted by Crippen LogP contribution is 2.39. The Bertz CT molecular complexity index is 2490. The van der Waals surface area contributed by atoms with Gasteiger partial charge in [0.2, 0.25) is 0 Å². The number of amides is 8. The van der Waals surface area contributed by atoms with Crippen molar-refractivity contribution in [3.05, 3.63) is 29.5 Å². The minimum atomic E-state index is -1.28. The summed E-state index contributed by atoms with van der Waals surface area (Å²) in [5.74, 6) is -1.33. The van der Waals surface area contributed by atoms with Gasteiger partial charge in [-0.2, -0.15) is 0 Å². The first-order valence-corrected chi connectivity index (χ1v) is 28.0. The molecule has 0 bridgehead atoms. The second-order valence-corrected chi connectivity index (χ2v) is 24.6. The van der Waals surface area contributed by atoms with Crippen LogP contribution >= 0.6 is 0 Å². The van der Waals surface area contributed by atoms with E-state index in [-0.39, 0.29) is 85.5 Å². The van der Waals surface area contributed by atoms with E-state index in [0.717, 1.165) is 45.1 Å². The Balaban J connectivity index is 0.000000216. The monoisotopic (exact) mass is 1160 g/mol. The van der Waals surface area contributed by atoms with Gasteiger partial charge in [-0.15, -0.1) is 0 Å². The molecule has 4 N–H and O–H groups in total. The van der Waals surface area contributed by atoms with Crippen molar-refractivity contribution in [2.75, 3.05) is 73.7 Å². The summed E-state index contributed by atoms with van der Waals surface area (Å²) in [5.41, 5.74) is -1.20. The van der Waals surface area contributed by atoms with Crippen molar-refractivity contribution in [3.8, 4) is 5.75 Å². The summed E-state index contributed by atoms with van der Waals surface area (Å²) in [6.07, 6.45) is 4.74. The molecule has 1 aromatic carbocycles. The number of piperidine rings is 1. The molecule has 5 saturated heterocycles. The molecule has 0 radical (unpaired) electrons. The molecule has 0 spiro atoms. The van der Waals surface area contributed by atoms with E-state index in [2.05, 4.69) is 0 Å². The van der Waals surface area contributed by atoms with Crippen molar-refractivity contribution in [2.24, 2.45) is 5.92 Å². The lowest BCUT2D eigenvalue weighted by Crippen LogP contribution is -2.70. The first-order chi connectivity index (χ1) is 38.1. The number of nitrogens with zero attached hydrogens (tertiary/aromatic N) is 8. The Hall–Kier alpha value is -6.87. The van der Waals surface area contributed by atoms with Gasteiger partial charge in [-0.1, -0.05) is 0 Å². The molecule has 3 aliphatic carbocycles. The van der Waals surface area contributed by atoms with Crippen LogP contribution in [0.4, 0.5) is 34.5 Å². The third-order valence-corrected chi connectivity index (χ3v) is 15.0. The van der Waals surface area contributed by atoms with E-state index in [1.807, 2.05) is 14.7 Å². The summed E-state index contributed by atoms with van der Waals surface area (Å²) in [6, 6.07) is 3.21. The van der Waals surface area contributed by atoms with Crippen LogP contribution in [-0.4, -0.2) is 238 Å². The van der Waals surface area contributed by atoms with Gasteiger partial charge in [-0.25, -0.2) is 38.4 Å². The molecule has 1 unspecified atom stereocenters. The van der Waals surface area contributed by atoms with Crippen LogP contribution < -0.4 is 10.2 Å². The lowest BCUT2D eigenvalue weighted by atomic mass is 9.90. The first kappa shape index (κ1) is 64.3. The van der Waals surface area contributed by atoms with Gasteiger partial charge in [0, 0.05) is 82.6 Å². The molecule has 1 aromatic rings. The Morgan fingerprint density at radius 2 is 1.00 bits per heavy atom. The summed E-state index contributed by atoms with van der Waals surface area (Å²) in [4.78, 5) is 127. The van der Waals surface area contributed by atoms with E-state index >= 15 is 0 Å². The zero-order valence-electron chi connectivity index (χ0n) is 49.4. The van der Waals surface area contributed by atoms with Crippen molar-refractivity contribution in [2.45, 2.75) is 179 Å². The lowest BCUT2D eigenvalue weighted by Gasteiger charge is -2.47. The summed E-state index contributed by atoms with van der Waals surface area (Å²) < 4.78 is 37.0. The number of methoxy groups -OCH3 is 3. The average molecular weight is 1160 g/mol. The highest BCUT2D eigenvalue weighted by molar-refractivity contribution is 5.87. The van der Waals surface area contributed by atoms with Crippen molar-refractivity contribution < 1.29 is 87.3 Å². The smallest absolute Gasteiger partial charge is 0.415 e. The molecule has 8 aliphatic rings. The van der Waals surface area contributed by atoms with Crippen molar-refractivity contribution in [3.63, 3.8) is 0 Å². The van der Waals surface area contributed by atoms with Crippen molar-refractivity contribution in [1.82, 2.24) is 39.2 Å². The van der Waals surface area contributed by atoms with Crippen LogP contribution in [0.5, 0.6) is 5.75 Å². The highest BCUT2D eigenvalue weighted by atomic mass is 16.6. The van der Waals surface area contributed by atoms with Gasteiger partial charge in [-0.05, 0) is 126 Å². The number of hydrogen-bond donors (Lipinski definition) is 1. The van der Waals surface area contributed by atoms with E-state index in [9.17, 15) is 48.4 Å². The van der Waals surface area contributed by atoms with Gasteiger partial charge in [0.05, 0.1) is 45.4 Å². The number of fused-ring (bicyclic) bond motifs is 2. The molecule has 82 heavy (non-hydrogen) atoms. The Labute approximate surface area is 478 Å². The van der Waals surface area contributed by atoms with Crippen LogP contribution in [0.25, 0.3) is 0 Å². The fraction of sp³-hybridized carbons (Fsp3) is 0.727. The molecule has 27 heteroatoms. The minimum Gasteiger partial charge on any atom is -0.630 e. The van der Waals surface area contributed by atoms with Gasteiger partial charge in [0.1, 0.15) is 28.2 Å². The molecule has 8 amide bonds. The summed E-state index contributed by atoms with van der Waals surface area (Å²) >= 11 is 0. The van der Waals surface area contributed by atoms with E-state index in [0.29, 0.717) is 49.7 Å². The number of nitrogens with two attached hydrogens (primary N) is 1. The molecule has 9 rings (SSSR count). The van der Waals surface area contributed by atoms with Crippen LogP contribution in [0.2, 0.25) is 0 Å². The van der Waals surface area contributed by atoms with Crippen LogP contribution in [0.15, 0.2) is 24.3 Å². The maximum absolute atomic E-state index is 13.4. The van der Waals surface area contributed by atoms with Crippen LogP contribution in [0.3, 0.4) is 0 Å². The zero-order valence-corrected chi connectivity index (χ0v) is 49.4. The number of rotatable bonds is 10. The first-order valence-electron chi connectivity index (χ1n) is 28.0. The number of hydrogen-bond acceptors (Lipinski definition) is 17. The van der Waals surface area contributed by atoms with Crippen LogP contribution in [0.1, 0.15) is 114 Å². The van der Waals surface area contributed by atoms with Crippen molar-refractivity contribution in [1.29, 1.82) is 0 Å². The van der Waals surface area contributed by atoms with Crippen LogP contribution in [-0.2, 0) is 42.8 Å². The summed E-state index contributed by atoms with van der Waals surface area (Å²) in [7, 11) is 3.91. The Morgan fingerprint density at radius 1 is 0.561 bits per heavy atom. The molecule has 0 aromatic heterocycles. The highest BCUT2D eigenvalue weighted by Gasteiger charge is 2.55. The molecule has 5 aliphatic heterocycles. The maximum Gasteiger partial charge on any atom is 0.415 e. The van der Waals surface area contributed by atoms with E-state index in [4.69, 9.17) is 33.2 Å². The van der Waals surface area contributed by atoms with E-state index < -0.39 is 71.2 Å². The number of piperazine rings is 2. The van der Waals surface area contributed by atoms with Gasteiger partial charge in [-0.3, -0.25) is 19.5 Å². The number of carbonyl (C=O) groups is 9. The quantitative estimate of drug-likeness (QED) is 0.151. The fourth-order valence-corrected chi connectivity index (χ4v) is 10.8. The van der Waals surface area contributed by atoms with E-state index in [1.54, 1.807) is 67.2 Å². The van der Waals surface area contributed by atoms with E-state index in [1.165, 1.54) is 65.2 Å². The second kappa shape index (κ2) is 26.1. The molecule has 458 valence electrons. The maximum atomic E-state index is 13.4. The second-order valence-electron chi connectivity index (χ2n) is 24.6. The predicted octanol–water partition coefficient (Wildman–Crippen LogP) is 3.80. The number of esters is 3. The summed E-state index contributed by atoms with van der Waals surface area (Å²) in [6.45, 7) is 18.1. The number of carbonyl (C=O) groups excluding carboxylic acids is 9. The largest absolute Gasteiger partial charge is 0.630 e. The third kappa shape index (κ3) is 15.8. The number of quaternary nitrogens is 1. The topological polar surface area (TPSA) is 315 Å². The van der Waals surface area contributed by atoms with Crippen molar-refractivity contribution >= 4 is 60.0 Å². The lowest BCUT2D eigenvalue weighted by molar-refractivity contribution is -0.497. The SMILES string of the molecule is COC(=O)C1[C@H](CN(C(=O)Oc2ccc([NH2+][O-])cc2)C2CC2)N(C(=O)OC(C)(C)C)CCN1C(=O)OC(C)(C)C.COC(=O)[C@@H]1CCCN2C(=O)N(C3CC3)C[C@@H]12.COC(=O)[C@H]1[C@@H]2CN(C3CC3)C(=O)N2CCN1C(=O)OC(C)(C)C.O. The molecule has 8 fully saturated rings. The zero-order chi connectivity index (χ0) is 59.5. The normalized spacial score (nSPS) is 24.2.